The van der Waals surface area contributed by atoms with E-state index >= 15 is 0 Å². The van der Waals surface area contributed by atoms with Crippen molar-refractivity contribution in [3.8, 4) is 17.4 Å². The Bertz CT molecular complexity index is 1290. The molecule has 0 unspecified atom stereocenters. The first-order valence-corrected chi connectivity index (χ1v) is 11.7. The van der Waals surface area contributed by atoms with Gasteiger partial charge in [-0.2, -0.15) is 5.10 Å². The summed E-state index contributed by atoms with van der Waals surface area (Å²) in [4.78, 5) is 24.6. The summed E-state index contributed by atoms with van der Waals surface area (Å²) in [6.07, 6.45) is 8.71. The van der Waals surface area contributed by atoms with Crippen LogP contribution < -0.4 is 9.47 Å². The molecular formula is C27H27N5O3. The van der Waals surface area contributed by atoms with Gasteiger partial charge in [-0.15, -0.1) is 0 Å². The Morgan fingerprint density at radius 1 is 1.00 bits per heavy atom. The zero-order valence-corrected chi connectivity index (χ0v) is 19.6. The number of methoxy groups -OCH3 is 1. The lowest BCUT2D eigenvalue weighted by atomic mass is 9.93. The lowest BCUT2D eigenvalue weighted by Gasteiger charge is -2.33. The lowest BCUT2D eigenvalue weighted by molar-refractivity contribution is 0.0703. The van der Waals surface area contributed by atoms with Crippen LogP contribution in [0.3, 0.4) is 0 Å². The lowest BCUT2D eigenvalue weighted by Crippen LogP contribution is -2.39. The summed E-state index contributed by atoms with van der Waals surface area (Å²) in [5, 5.41) is 4.29. The summed E-state index contributed by atoms with van der Waals surface area (Å²) in [6, 6.07) is 17.1. The monoisotopic (exact) mass is 469 g/mol. The summed E-state index contributed by atoms with van der Waals surface area (Å²) < 4.78 is 13.4. The maximum atomic E-state index is 13.6. The van der Waals surface area contributed by atoms with E-state index in [1.54, 1.807) is 25.7 Å². The molecule has 1 fully saturated rings. The van der Waals surface area contributed by atoms with Gasteiger partial charge in [0.15, 0.2) is 11.5 Å². The summed E-state index contributed by atoms with van der Waals surface area (Å²) in [6.45, 7) is 1.80. The Balaban J connectivity index is 1.37. The number of piperidine rings is 1. The Morgan fingerprint density at radius 3 is 2.63 bits per heavy atom. The highest BCUT2D eigenvalue weighted by molar-refractivity contribution is 5.95. The first-order valence-electron chi connectivity index (χ1n) is 11.7. The maximum absolute atomic E-state index is 13.6. The maximum Gasteiger partial charge on any atom is 0.254 e. The molecule has 1 atom stereocenters. The Labute approximate surface area is 204 Å². The van der Waals surface area contributed by atoms with E-state index < -0.39 is 0 Å². The van der Waals surface area contributed by atoms with E-state index in [0.29, 0.717) is 42.6 Å². The molecule has 0 N–H and O–H groups in total. The van der Waals surface area contributed by atoms with Crippen LogP contribution in [0, 0.1) is 0 Å². The first-order chi connectivity index (χ1) is 17.2. The van der Waals surface area contributed by atoms with Crippen LogP contribution in [0.1, 0.15) is 40.4 Å². The van der Waals surface area contributed by atoms with Gasteiger partial charge in [-0.25, -0.2) is 4.98 Å². The fourth-order valence-electron chi connectivity index (χ4n) is 4.49. The summed E-state index contributed by atoms with van der Waals surface area (Å²) in [7, 11) is 1.61. The van der Waals surface area contributed by atoms with Crippen LogP contribution in [-0.2, 0) is 6.54 Å². The number of carbonyl (C=O) groups is 1. The molecule has 3 heterocycles. The Morgan fingerprint density at radius 2 is 1.80 bits per heavy atom. The molecule has 0 radical (unpaired) electrons. The number of nitrogens with zero attached hydrogens (tertiary/aromatic N) is 5. The van der Waals surface area contributed by atoms with Crippen molar-refractivity contribution in [2.75, 3.05) is 20.2 Å². The van der Waals surface area contributed by atoms with Gasteiger partial charge in [-0.1, -0.05) is 30.3 Å². The molecule has 1 saturated heterocycles. The molecule has 2 aromatic heterocycles. The normalized spacial score (nSPS) is 15.6. The average Bonchev–Trinajstić information content (AvgIpc) is 3.42. The van der Waals surface area contributed by atoms with E-state index in [9.17, 15) is 4.79 Å². The van der Waals surface area contributed by atoms with Crippen molar-refractivity contribution in [2.24, 2.45) is 0 Å². The van der Waals surface area contributed by atoms with Gasteiger partial charge in [-0.3, -0.25) is 14.5 Å². The van der Waals surface area contributed by atoms with Crippen molar-refractivity contribution >= 4 is 5.91 Å². The fourth-order valence-corrected chi connectivity index (χ4v) is 4.49. The van der Waals surface area contributed by atoms with Gasteiger partial charge in [0.05, 0.1) is 13.7 Å². The largest absolute Gasteiger partial charge is 0.493 e. The SMILES string of the molecule is COc1ccccc1Oc1nccnc1[C@H]1CCCN(C(=O)c2ccccc2Cn2cccn2)C1. The molecule has 2 aromatic carbocycles. The molecule has 35 heavy (non-hydrogen) atoms. The van der Waals surface area contributed by atoms with E-state index in [1.165, 1.54) is 0 Å². The average molecular weight is 470 g/mol. The van der Waals surface area contributed by atoms with Gasteiger partial charge in [0.25, 0.3) is 5.91 Å². The molecule has 0 aliphatic carbocycles. The van der Waals surface area contributed by atoms with Crippen LogP contribution in [-0.4, -0.2) is 50.8 Å². The van der Waals surface area contributed by atoms with Gasteiger partial charge < -0.3 is 14.4 Å². The summed E-state index contributed by atoms with van der Waals surface area (Å²) in [5.74, 6) is 1.68. The van der Waals surface area contributed by atoms with Gasteiger partial charge in [0, 0.05) is 49.4 Å². The molecule has 4 aromatic rings. The second kappa shape index (κ2) is 10.4. The third-order valence-corrected chi connectivity index (χ3v) is 6.20. The third-order valence-electron chi connectivity index (χ3n) is 6.20. The van der Waals surface area contributed by atoms with E-state index in [0.717, 1.165) is 24.1 Å². The highest BCUT2D eigenvalue weighted by Crippen LogP contribution is 2.36. The molecule has 8 heteroatoms. The zero-order chi connectivity index (χ0) is 24.0. The van der Waals surface area contributed by atoms with Crippen molar-refractivity contribution in [1.82, 2.24) is 24.6 Å². The highest BCUT2D eigenvalue weighted by Gasteiger charge is 2.30. The van der Waals surface area contributed by atoms with Crippen LogP contribution in [0.2, 0.25) is 0 Å². The van der Waals surface area contributed by atoms with Crippen molar-refractivity contribution in [3.63, 3.8) is 0 Å². The van der Waals surface area contributed by atoms with Crippen molar-refractivity contribution in [3.05, 3.63) is 96.2 Å². The van der Waals surface area contributed by atoms with Gasteiger partial charge in [-0.05, 0) is 42.7 Å². The number of amides is 1. The number of aromatic nitrogens is 4. The van der Waals surface area contributed by atoms with E-state index in [4.69, 9.17) is 9.47 Å². The van der Waals surface area contributed by atoms with Gasteiger partial charge in [0.2, 0.25) is 5.88 Å². The van der Waals surface area contributed by atoms with Crippen molar-refractivity contribution < 1.29 is 14.3 Å². The molecule has 0 saturated carbocycles. The topological polar surface area (TPSA) is 82.4 Å². The minimum absolute atomic E-state index is 0.0179. The van der Waals surface area contributed by atoms with Crippen LogP contribution in [0.5, 0.6) is 17.4 Å². The smallest absolute Gasteiger partial charge is 0.254 e. The molecule has 1 aliphatic heterocycles. The van der Waals surface area contributed by atoms with E-state index in [-0.39, 0.29) is 11.8 Å². The molecule has 0 bridgehead atoms. The minimum atomic E-state index is 0.0179. The molecule has 1 amide bonds. The predicted molar refractivity (Wildman–Crippen MR) is 131 cm³/mol. The molecule has 1 aliphatic rings. The fraction of sp³-hybridized carbons (Fsp3) is 0.259. The number of hydrogen-bond acceptors (Lipinski definition) is 6. The Kier molecular flexibility index (Phi) is 6.70. The predicted octanol–water partition coefficient (Wildman–Crippen LogP) is 4.54. The molecule has 5 rings (SSSR count). The molecule has 8 nitrogen and oxygen atoms in total. The number of benzene rings is 2. The second-order valence-electron chi connectivity index (χ2n) is 8.45. The number of para-hydroxylation sites is 2. The molecule has 0 spiro atoms. The van der Waals surface area contributed by atoms with E-state index in [1.807, 2.05) is 70.4 Å². The molecular weight excluding hydrogens is 442 g/mol. The van der Waals surface area contributed by atoms with Crippen LogP contribution in [0.15, 0.2) is 79.4 Å². The van der Waals surface area contributed by atoms with Crippen molar-refractivity contribution in [2.45, 2.75) is 25.3 Å². The number of hydrogen-bond donors (Lipinski definition) is 0. The van der Waals surface area contributed by atoms with Crippen molar-refractivity contribution in [1.29, 1.82) is 0 Å². The van der Waals surface area contributed by atoms with Crippen LogP contribution in [0.25, 0.3) is 0 Å². The van der Waals surface area contributed by atoms with Gasteiger partial charge in [0.1, 0.15) is 5.69 Å². The number of carbonyl (C=O) groups excluding carboxylic acids is 1. The number of rotatable bonds is 7. The highest BCUT2D eigenvalue weighted by atomic mass is 16.5. The molecule has 178 valence electrons. The second-order valence-corrected chi connectivity index (χ2v) is 8.45. The van der Waals surface area contributed by atoms with E-state index in [2.05, 4.69) is 15.1 Å². The summed E-state index contributed by atoms with van der Waals surface area (Å²) in [5.41, 5.74) is 2.40. The Hall–Kier alpha value is -4.20. The van der Waals surface area contributed by atoms with Gasteiger partial charge >= 0.3 is 0 Å². The number of ether oxygens (including phenoxy) is 2. The quantitative estimate of drug-likeness (QED) is 0.395. The zero-order valence-electron chi connectivity index (χ0n) is 19.6. The minimum Gasteiger partial charge on any atom is -0.493 e. The third kappa shape index (κ3) is 5.01. The standard InChI is InChI=1S/C27H27N5O3/c1-34-23-11-4-5-12-24(23)35-26-25(28-14-15-29-26)21-9-6-16-31(18-21)27(33)22-10-3-2-8-20(22)19-32-17-7-13-30-32/h2-5,7-8,10-15,17,21H,6,9,16,18-19H2,1H3/t21-/m0/s1. The van der Waals surface area contributed by atoms with Crippen LogP contribution >= 0.6 is 0 Å². The number of likely N-dealkylation sites (tertiary alicyclic amines) is 1. The summed E-state index contributed by atoms with van der Waals surface area (Å²) >= 11 is 0. The first kappa shape index (κ1) is 22.6. The van der Waals surface area contributed by atoms with Crippen LogP contribution in [0.4, 0.5) is 0 Å².